The van der Waals surface area contributed by atoms with E-state index in [0.29, 0.717) is 24.3 Å². The molecule has 26 heavy (non-hydrogen) atoms. The van der Waals surface area contributed by atoms with Gasteiger partial charge in [-0.15, -0.1) is 0 Å². The first-order valence-electron chi connectivity index (χ1n) is 8.31. The second-order valence-electron chi connectivity index (χ2n) is 5.96. The molecule has 1 heterocycles. The maximum absolute atomic E-state index is 12.8. The second kappa shape index (κ2) is 7.81. The standard InChI is InChI=1S/C20H19N3O3/c1-26-19(15-7-3-2-4-8-15)20(25)22-11-12-23(18(24)14-22)17-10-6-5-9-16(17)13-21/h2-10,19H,11-12,14H2,1H3. The van der Waals surface area contributed by atoms with Crippen LogP contribution < -0.4 is 4.90 Å². The van der Waals surface area contributed by atoms with Gasteiger partial charge in [0.05, 0.1) is 11.3 Å². The number of methoxy groups -OCH3 is 1. The van der Waals surface area contributed by atoms with Crippen molar-refractivity contribution in [2.24, 2.45) is 0 Å². The Morgan fingerprint density at radius 2 is 1.81 bits per heavy atom. The van der Waals surface area contributed by atoms with Crippen molar-refractivity contribution in [1.82, 2.24) is 4.90 Å². The number of anilines is 1. The van der Waals surface area contributed by atoms with E-state index in [4.69, 9.17) is 4.74 Å². The maximum Gasteiger partial charge on any atom is 0.256 e. The Morgan fingerprint density at radius 3 is 2.46 bits per heavy atom. The summed E-state index contributed by atoms with van der Waals surface area (Å²) in [5.74, 6) is -0.449. The zero-order valence-corrected chi connectivity index (χ0v) is 14.5. The van der Waals surface area contributed by atoms with Crippen molar-refractivity contribution in [3.63, 3.8) is 0 Å². The van der Waals surface area contributed by atoms with Gasteiger partial charge in [0.2, 0.25) is 5.91 Å². The summed E-state index contributed by atoms with van der Waals surface area (Å²) in [6.07, 6.45) is -0.734. The third-order valence-corrected chi connectivity index (χ3v) is 4.41. The predicted octanol–water partition coefficient (Wildman–Crippen LogP) is 2.12. The van der Waals surface area contributed by atoms with E-state index < -0.39 is 6.10 Å². The lowest BCUT2D eigenvalue weighted by molar-refractivity contribution is -0.146. The van der Waals surface area contributed by atoms with Gasteiger partial charge >= 0.3 is 0 Å². The molecular formula is C20H19N3O3. The molecule has 0 spiro atoms. The lowest BCUT2D eigenvalue weighted by Crippen LogP contribution is -2.53. The number of para-hydroxylation sites is 1. The smallest absolute Gasteiger partial charge is 0.256 e. The monoisotopic (exact) mass is 349 g/mol. The van der Waals surface area contributed by atoms with Gasteiger partial charge in [-0.1, -0.05) is 42.5 Å². The summed E-state index contributed by atoms with van der Waals surface area (Å²) in [6, 6.07) is 18.3. The number of amides is 2. The highest BCUT2D eigenvalue weighted by molar-refractivity contribution is 5.99. The number of nitriles is 1. The van der Waals surface area contributed by atoms with E-state index in [0.717, 1.165) is 5.56 Å². The molecule has 1 atom stereocenters. The molecule has 0 N–H and O–H groups in total. The van der Waals surface area contributed by atoms with Crippen LogP contribution in [0, 0.1) is 11.3 Å². The molecule has 2 aromatic carbocycles. The third kappa shape index (κ3) is 3.44. The van der Waals surface area contributed by atoms with E-state index >= 15 is 0 Å². The van der Waals surface area contributed by atoms with E-state index in [1.165, 1.54) is 12.0 Å². The zero-order valence-electron chi connectivity index (χ0n) is 14.5. The number of hydrogen-bond acceptors (Lipinski definition) is 4. The summed E-state index contributed by atoms with van der Waals surface area (Å²) in [7, 11) is 1.48. The number of carbonyl (C=O) groups is 2. The highest BCUT2D eigenvalue weighted by Gasteiger charge is 2.33. The van der Waals surface area contributed by atoms with Crippen LogP contribution in [0.25, 0.3) is 0 Å². The van der Waals surface area contributed by atoms with Crippen LogP contribution in [0.1, 0.15) is 17.2 Å². The molecule has 3 rings (SSSR count). The Kier molecular flexibility index (Phi) is 5.30. The van der Waals surface area contributed by atoms with Crippen molar-refractivity contribution in [3.05, 3.63) is 65.7 Å². The normalized spacial score (nSPS) is 15.5. The molecule has 0 radical (unpaired) electrons. The van der Waals surface area contributed by atoms with E-state index in [-0.39, 0.29) is 18.4 Å². The van der Waals surface area contributed by atoms with Crippen molar-refractivity contribution < 1.29 is 14.3 Å². The van der Waals surface area contributed by atoms with Crippen molar-refractivity contribution >= 4 is 17.5 Å². The van der Waals surface area contributed by atoms with Crippen LogP contribution in [-0.4, -0.2) is 43.5 Å². The fraction of sp³-hybridized carbons (Fsp3) is 0.250. The number of rotatable bonds is 4. The number of hydrogen-bond donors (Lipinski definition) is 0. The molecule has 0 bridgehead atoms. The van der Waals surface area contributed by atoms with Gasteiger partial charge in [-0.05, 0) is 17.7 Å². The van der Waals surface area contributed by atoms with Gasteiger partial charge in [0, 0.05) is 20.2 Å². The Balaban J connectivity index is 1.75. The first-order valence-corrected chi connectivity index (χ1v) is 8.31. The summed E-state index contributed by atoms with van der Waals surface area (Å²) < 4.78 is 5.38. The average molecular weight is 349 g/mol. The average Bonchev–Trinajstić information content (AvgIpc) is 2.69. The molecule has 1 unspecified atom stereocenters. The highest BCUT2D eigenvalue weighted by Crippen LogP contribution is 2.24. The Morgan fingerprint density at radius 1 is 1.12 bits per heavy atom. The second-order valence-corrected chi connectivity index (χ2v) is 5.96. The molecule has 6 heteroatoms. The Bertz CT molecular complexity index is 845. The topological polar surface area (TPSA) is 73.6 Å². The quantitative estimate of drug-likeness (QED) is 0.847. The number of benzene rings is 2. The van der Waals surface area contributed by atoms with Crippen LogP contribution in [0.2, 0.25) is 0 Å². The third-order valence-electron chi connectivity index (χ3n) is 4.41. The molecule has 0 aliphatic carbocycles. The summed E-state index contributed by atoms with van der Waals surface area (Å²) >= 11 is 0. The number of piperazine rings is 1. The summed E-state index contributed by atoms with van der Waals surface area (Å²) in [6.45, 7) is 0.691. The first kappa shape index (κ1) is 17.6. The minimum absolute atomic E-state index is 0.0364. The molecular weight excluding hydrogens is 330 g/mol. The van der Waals surface area contributed by atoms with Crippen LogP contribution in [0.4, 0.5) is 5.69 Å². The molecule has 1 saturated heterocycles. The van der Waals surface area contributed by atoms with Crippen LogP contribution in [-0.2, 0) is 14.3 Å². The van der Waals surface area contributed by atoms with Gasteiger partial charge in [-0.3, -0.25) is 9.59 Å². The van der Waals surface area contributed by atoms with Crippen molar-refractivity contribution in [3.8, 4) is 6.07 Å². The molecule has 2 amide bonds. The largest absolute Gasteiger partial charge is 0.367 e. The number of ether oxygens (including phenoxy) is 1. The van der Waals surface area contributed by atoms with Gasteiger partial charge in [-0.2, -0.15) is 5.26 Å². The van der Waals surface area contributed by atoms with Gasteiger partial charge in [0.15, 0.2) is 6.10 Å². The lowest BCUT2D eigenvalue weighted by Gasteiger charge is -2.36. The molecule has 0 aromatic heterocycles. The van der Waals surface area contributed by atoms with Gasteiger partial charge in [-0.25, -0.2) is 0 Å². The van der Waals surface area contributed by atoms with Crippen LogP contribution in [0.5, 0.6) is 0 Å². The van der Waals surface area contributed by atoms with Gasteiger partial charge in [0.25, 0.3) is 5.91 Å². The molecule has 6 nitrogen and oxygen atoms in total. The summed E-state index contributed by atoms with van der Waals surface area (Å²) in [5, 5.41) is 9.24. The molecule has 2 aromatic rings. The van der Waals surface area contributed by atoms with Crippen LogP contribution in [0.3, 0.4) is 0 Å². The Hall–Kier alpha value is -3.17. The molecule has 1 fully saturated rings. The van der Waals surface area contributed by atoms with Gasteiger partial charge < -0.3 is 14.5 Å². The minimum atomic E-state index is -0.734. The highest BCUT2D eigenvalue weighted by atomic mass is 16.5. The fourth-order valence-corrected chi connectivity index (χ4v) is 3.09. The number of carbonyl (C=O) groups excluding carboxylic acids is 2. The zero-order chi connectivity index (χ0) is 18.5. The summed E-state index contributed by atoms with van der Waals surface area (Å²) in [4.78, 5) is 28.5. The van der Waals surface area contributed by atoms with E-state index in [1.807, 2.05) is 30.3 Å². The summed E-state index contributed by atoms with van der Waals surface area (Å²) in [5.41, 5.74) is 1.78. The lowest BCUT2D eigenvalue weighted by atomic mass is 10.1. The molecule has 1 aliphatic rings. The van der Waals surface area contributed by atoms with Crippen LogP contribution >= 0.6 is 0 Å². The van der Waals surface area contributed by atoms with Gasteiger partial charge in [0.1, 0.15) is 12.6 Å². The van der Waals surface area contributed by atoms with Crippen molar-refractivity contribution in [2.75, 3.05) is 31.6 Å². The van der Waals surface area contributed by atoms with E-state index in [1.54, 1.807) is 29.2 Å². The predicted molar refractivity (Wildman–Crippen MR) is 96.3 cm³/mol. The van der Waals surface area contributed by atoms with Crippen LogP contribution in [0.15, 0.2) is 54.6 Å². The molecule has 0 saturated carbocycles. The van der Waals surface area contributed by atoms with E-state index in [2.05, 4.69) is 6.07 Å². The Labute approximate surface area is 152 Å². The minimum Gasteiger partial charge on any atom is -0.367 e. The molecule has 132 valence electrons. The molecule has 1 aliphatic heterocycles. The maximum atomic E-state index is 12.8. The van der Waals surface area contributed by atoms with Crippen molar-refractivity contribution in [1.29, 1.82) is 5.26 Å². The van der Waals surface area contributed by atoms with Crippen molar-refractivity contribution in [2.45, 2.75) is 6.10 Å². The SMILES string of the molecule is COC(C(=O)N1CCN(c2ccccc2C#N)C(=O)C1)c1ccccc1. The van der Waals surface area contributed by atoms with E-state index in [9.17, 15) is 14.9 Å². The first-order chi connectivity index (χ1) is 12.7. The number of nitrogens with zero attached hydrogens (tertiary/aromatic N) is 3. The fourth-order valence-electron chi connectivity index (χ4n) is 3.09.